The normalized spacial score (nSPS) is 13.6. The molecule has 424 valence electrons. The van der Waals surface area contributed by atoms with Gasteiger partial charge in [0.2, 0.25) is 0 Å². The summed E-state index contributed by atoms with van der Waals surface area (Å²) in [5, 5.41) is 52.1. The van der Waals surface area contributed by atoms with Crippen molar-refractivity contribution in [1.82, 2.24) is 10.2 Å². The number of hydrogen-bond acceptors (Lipinski definition) is 11. The smallest absolute Gasteiger partial charge is 0.306 e. The number of nitrogens with one attached hydrogen (secondary N) is 1. The topological polar surface area (TPSA) is 169 Å². The summed E-state index contributed by atoms with van der Waals surface area (Å²) in [7, 11) is 0. The molecular formula is C60H120N2O9. The SMILES string of the molecule is CCCCCCCCC(CCCCCCCC)OC(=O)CCCCCCCN(CCCCCCCC(=O)OC(CCCCCCCC)CCCCCCCC)CCCCNC[C@H](O)[C@H](O)[C@@H](O)[C@@H](O)CO. The number of hydrogen-bond donors (Lipinski definition) is 6. The number of unbranched alkanes of at least 4 members (excludes halogenated alkanes) is 29. The van der Waals surface area contributed by atoms with E-state index in [-0.39, 0.29) is 30.7 Å². The molecule has 0 rings (SSSR count). The number of ether oxygens (including phenoxy) is 2. The van der Waals surface area contributed by atoms with Crippen molar-refractivity contribution in [3.63, 3.8) is 0 Å². The molecule has 11 heteroatoms. The number of rotatable bonds is 57. The van der Waals surface area contributed by atoms with Crippen molar-refractivity contribution in [1.29, 1.82) is 0 Å². The molecule has 0 unspecified atom stereocenters. The molecule has 0 aromatic carbocycles. The second-order valence-corrected chi connectivity index (χ2v) is 21.5. The van der Waals surface area contributed by atoms with Gasteiger partial charge in [0.15, 0.2) is 0 Å². The van der Waals surface area contributed by atoms with Crippen LogP contribution in [0.1, 0.15) is 297 Å². The minimum Gasteiger partial charge on any atom is -0.462 e. The van der Waals surface area contributed by atoms with E-state index in [0.717, 1.165) is 148 Å². The highest BCUT2D eigenvalue weighted by atomic mass is 16.5. The van der Waals surface area contributed by atoms with Crippen LogP contribution in [0, 0.1) is 0 Å². The van der Waals surface area contributed by atoms with E-state index in [1.807, 2.05) is 0 Å². The molecule has 0 spiro atoms. The average Bonchev–Trinajstić information content (AvgIpc) is 3.36. The van der Waals surface area contributed by atoms with E-state index in [1.54, 1.807) is 0 Å². The Hall–Kier alpha value is -1.34. The predicted octanol–water partition coefficient (Wildman–Crippen LogP) is 13.6. The molecule has 0 aliphatic heterocycles. The number of aliphatic hydroxyl groups excluding tert-OH is 5. The molecule has 6 N–H and O–H groups in total. The number of nitrogens with zero attached hydrogens (tertiary/aromatic N) is 1. The molecule has 0 aliphatic carbocycles. The summed E-state index contributed by atoms with van der Waals surface area (Å²) >= 11 is 0. The van der Waals surface area contributed by atoms with E-state index < -0.39 is 31.0 Å². The van der Waals surface area contributed by atoms with Gasteiger partial charge >= 0.3 is 11.9 Å². The monoisotopic (exact) mass is 1010 g/mol. The van der Waals surface area contributed by atoms with Crippen molar-refractivity contribution < 1.29 is 44.6 Å². The molecule has 11 nitrogen and oxygen atoms in total. The summed E-state index contributed by atoms with van der Waals surface area (Å²) in [6, 6.07) is 0. The molecule has 0 saturated carbocycles. The van der Waals surface area contributed by atoms with Gasteiger partial charge in [0, 0.05) is 19.4 Å². The molecule has 0 aromatic rings. The highest BCUT2D eigenvalue weighted by molar-refractivity contribution is 5.69. The number of esters is 2. The Kier molecular flexibility index (Phi) is 52.5. The summed E-state index contributed by atoms with van der Waals surface area (Å²) < 4.78 is 12.2. The quantitative estimate of drug-likeness (QED) is 0.0253. The summed E-state index contributed by atoms with van der Waals surface area (Å²) in [5.41, 5.74) is 0. The number of carbonyl (C=O) groups is 2. The molecule has 0 radical (unpaired) electrons. The van der Waals surface area contributed by atoms with E-state index in [4.69, 9.17) is 14.6 Å². The molecule has 0 aromatic heterocycles. The fourth-order valence-electron chi connectivity index (χ4n) is 9.75. The summed E-state index contributed by atoms with van der Waals surface area (Å²) in [5.74, 6) is -0.0230. The Labute approximate surface area is 438 Å². The first-order chi connectivity index (χ1) is 34.6. The molecule has 71 heavy (non-hydrogen) atoms. The predicted molar refractivity (Wildman–Crippen MR) is 297 cm³/mol. The molecule has 0 saturated heterocycles. The largest absolute Gasteiger partial charge is 0.462 e. The zero-order valence-electron chi connectivity index (χ0n) is 47.2. The highest BCUT2D eigenvalue weighted by Crippen LogP contribution is 2.21. The number of carbonyl (C=O) groups excluding carboxylic acids is 2. The van der Waals surface area contributed by atoms with E-state index in [1.165, 1.54) is 128 Å². The van der Waals surface area contributed by atoms with Crippen LogP contribution in [0.3, 0.4) is 0 Å². The minimum atomic E-state index is -1.62. The maximum Gasteiger partial charge on any atom is 0.306 e. The molecule has 0 amide bonds. The van der Waals surface area contributed by atoms with Crippen LogP contribution in [0.5, 0.6) is 0 Å². The second-order valence-electron chi connectivity index (χ2n) is 21.5. The van der Waals surface area contributed by atoms with Gasteiger partial charge in [-0.3, -0.25) is 9.59 Å². The standard InChI is InChI=1S/C60H120N2O9/c1-5-9-13-17-23-31-41-53(42-32-24-18-14-10-6-2)70-57(66)45-35-27-21-29-38-48-62(50-40-37-47-61-51-55(64)59(68)60(69)56(65)52-63)49-39-30-22-28-36-46-58(67)71-54(43-33-25-19-15-11-7-3)44-34-26-20-16-12-8-4/h53-56,59-61,63-65,68-69H,5-52H2,1-4H3/t55-,56-,59-,60-/m0/s1. The van der Waals surface area contributed by atoms with Gasteiger partial charge in [0.25, 0.3) is 0 Å². The van der Waals surface area contributed by atoms with Crippen molar-refractivity contribution in [3.8, 4) is 0 Å². The summed E-state index contributed by atoms with van der Waals surface area (Å²) in [6.45, 7) is 12.1. The lowest BCUT2D eigenvalue weighted by molar-refractivity contribution is -0.151. The highest BCUT2D eigenvalue weighted by Gasteiger charge is 2.29. The molecule has 0 fully saturated rings. The number of aliphatic hydroxyl groups is 5. The molecular weight excluding hydrogens is 893 g/mol. The van der Waals surface area contributed by atoms with E-state index >= 15 is 0 Å². The maximum absolute atomic E-state index is 12.9. The lowest BCUT2D eigenvalue weighted by Crippen LogP contribution is -2.49. The second kappa shape index (κ2) is 53.5. The van der Waals surface area contributed by atoms with Gasteiger partial charge in [-0.25, -0.2) is 0 Å². The van der Waals surface area contributed by atoms with Gasteiger partial charge < -0.3 is 45.2 Å². The van der Waals surface area contributed by atoms with E-state index in [0.29, 0.717) is 19.4 Å². The third-order valence-electron chi connectivity index (χ3n) is 14.6. The molecule has 0 aliphatic rings. The van der Waals surface area contributed by atoms with Gasteiger partial charge in [0.1, 0.15) is 30.5 Å². The van der Waals surface area contributed by atoms with Crippen molar-refractivity contribution in [2.75, 3.05) is 39.3 Å². The van der Waals surface area contributed by atoms with Gasteiger partial charge in [-0.05, 0) is 116 Å². The van der Waals surface area contributed by atoms with Crippen LogP contribution in [-0.4, -0.2) is 118 Å². The van der Waals surface area contributed by atoms with Crippen LogP contribution in [0.2, 0.25) is 0 Å². The lowest BCUT2D eigenvalue weighted by atomic mass is 10.0. The van der Waals surface area contributed by atoms with Crippen LogP contribution in [0.4, 0.5) is 0 Å². The van der Waals surface area contributed by atoms with Crippen molar-refractivity contribution in [2.45, 2.75) is 334 Å². The average molecular weight is 1010 g/mol. The van der Waals surface area contributed by atoms with Crippen LogP contribution in [0.15, 0.2) is 0 Å². The van der Waals surface area contributed by atoms with Crippen LogP contribution in [-0.2, 0) is 19.1 Å². The van der Waals surface area contributed by atoms with Crippen molar-refractivity contribution >= 4 is 11.9 Å². The van der Waals surface area contributed by atoms with E-state index in [9.17, 15) is 30.0 Å². The summed E-state index contributed by atoms with van der Waals surface area (Å²) in [4.78, 5) is 28.5. The van der Waals surface area contributed by atoms with Crippen LogP contribution in [0.25, 0.3) is 0 Å². The Balaban J connectivity index is 4.88. The molecule has 0 bridgehead atoms. The van der Waals surface area contributed by atoms with Crippen LogP contribution < -0.4 is 5.32 Å². The molecule has 0 heterocycles. The summed E-state index contributed by atoms with van der Waals surface area (Å²) in [6.07, 6.45) is 42.0. The minimum absolute atomic E-state index is 0.0115. The van der Waals surface area contributed by atoms with Crippen molar-refractivity contribution in [3.05, 3.63) is 0 Å². The first-order valence-electron chi connectivity index (χ1n) is 30.8. The van der Waals surface area contributed by atoms with Crippen molar-refractivity contribution in [2.24, 2.45) is 0 Å². The lowest BCUT2D eigenvalue weighted by Gasteiger charge is -2.26. The first kappa shape index (κ1) is 69.7. The third kappa shape index (κ3) is 45.8. The fourth-order valence-corrected chi connectivity index (χ4v) is 9.75. The Morgan fingerprint density at radius 3 is 1.04 bits per heavy atom. The third-order valence-corrected chi connectivity index (χ3v) is 14.6. The fraction of sp³-hybridized carbons (Fsp3) is 0.967. The van der Waals surface area contributed by atoms with Gasteiger partial charge in [-0.15, -0.1) is 0 Å². The Bertz CT molecular complexity index is 1020. The first-order valence-corrected chi connectivity index (χ1v) is 30.8. The van der Waals surface area contributed by atoms with Crippen LogP contribution >= 0.6 is 0 Å². The van der Waals surface area contributed by atoms with Gasteiger partial charge in [-0.1, -0.05) is 195 Å². The maximum atomic E-state index is 12.9. The Morgan fingerprint density at radius 2 is 0.690 bits per heavy atom. The zero-order chi connectivity index (χ0) is 52.3. The van der Waals surface area contributed by atoms with Gasteiger partial charge in [-0.2, -0.15) is 0 Å². The van der Waals surface area contributed by atoms with Gasteiger partial charge in [0.05, 0.1) is 12.7 Å². The zero-order valence-corrected chi connectivity index (χ0v) is 47.2. The molecule has 4 atom stereocenters. The van der Waals surface area contributed by atoms with E-state index in [2.05, 4.69) is 37.9 Å². The Morgan fingerprint density at radius 1 is 0.394 bits per heavy atom.